The summed E-state index contributed by atoms with van der Waals surface area (Å²) in [6.07, 6.45) is 18.1. The summed E-state index contributed by atoms with van der Waals surface area (Å²) in [6, 6.07) is 9.79. The number of ether oxygens (including phenoxy) is 3. The Morgan fingerprint density at radius 3 is 2.08 bits per heavy atom. The van der Waals surface area contributed by atoms with Crippen LogP contribution in [0.25, 0.3) is 0 Å². The molecule has 2 aromatic rings. The van der Waals surface area contributed by atoms with Crippen molar-refractivity contribution in [2.45, 2.75) is 115 Å². The number of likely N-dealkylation sites (N-methyl/N-ethyl adjacent to an activating group) is 1. The Hall–Kier alpha value is -5.00. The van der Waals surface area contributed by atoms with Crippen LogP contribution in [0, 0.1) is 11.3 Å². The van der Waals surface area contributed by atoms with E-state index in [1.54, 1.807) is 36.4 Å². The zero-order valence-corrected chi connectivity index (χ0v) is 54.5. The summed E-state index contributed by atoms with van der Waals surface area (Å²) in [4.78, 5) is 70.7. The Kier molecular flexibility index (Phi) is 29.1. The Bertz CT molecular complexity index is 3140. The standard InChI is InChI=1S/C59H85N6O17PS4/c1-7-60-54(66)28-38-84-85-42-49(57(69)62-30-16-33-80-35-37-81-36-34-79-32-15-29-61-56(68)44-22-20-43(21-23-44)41-82-83(70,71)72)63-55(67)19-13-10-14-31-65-51-27-25-46(87(76,77)78)40-48(51)59(5,6)53(65)18-12-9-11-17-52-58(3,4)47-39-45(86(73,74)75)24-26-50(47)64(52)8-2/h9,11-12,17-18,20-27,39-40,48-49,51H,7-8,10,13-16,19,28-38,41-42H2,1-6H3,(H7-,60,61,62,63,66,67,68,69,70,71,72,73,74,75,76,77,78)/p+1. The van der Waals surface area contributed by atoms with Crippen LogP contribution in [0.4, 0.5) is 5.69 Å². The first-order chi connectivity index (χ1) is 41.2. The van der Waals surface area contributed by atoms with Crippen molar-refractivity contribution in [2.75, 3.05) is 88.8 Å². The predicted octanol–water partition coefficient (Wildman–Crippen LogP) is 6.81. The lowest BCUT2D eigenvalue weighted by molar-refractivity contribution is -0.550. The fraction of sp³-hybridized carbons (Fsp3) is 0.542. The number of rotatable bonds is 39. The van der Waals surface area contributed by atoms with Crippen molar-refractivity contribution >= 4 is 84.7 Å². The van der Waals surface area contributed by atoms with Crippen LogP contribution in [0.15, 0.2) is 107 Å². The predicted molar refractivity (Wildman–Crippen MR) is 338 cm³/mol. The molecule has 0 saturated heterocycles. The van der Waals surface area contributed by atoms with Gasteiger partial charge in [-0.05, 0) is 113 Å². The van der Waals surface area contributed by atoms with Crippen molar-refractivity contribution < 1.29 is 82.8 Å². The number of unbranched alkanes of at least 4 members (excludes halogenated alkanes) is 2. The van der Waals surface area contributed by atoms with Gasteiger partial charge in [0, 0.05) is 98.6 Å². The number of phosphoric acid groups is 1. The van der Waals surface area contributed by atoms with E-state index in [4.69, 9.17) is 24.0 Å². The zero-order valence-electron chi connectivity index (χ0n) is 50.3. The molecule has 0 bridgehead atoms. The lowest BCUT2D eigenvalue weighted by Gasteiger charge is -2.25. The minimum atomic E-state index is -4.59. The summed E-state index contributed by atoms with van der Waals surface area (Å²) in [6.45, 7) is 16.3. The van der Waals surface area contributed by atoms with E-state index in [0.717, 1.165) is 22.7 Å². The van der Waals surface area contributed by atoms with E-state index in [1.165, 1.54) is 39.8 Å². The van der Waals surface area contributed by atoms with E-state index < -0.39 is 44.9 Å². The number of amides is 4. The van der Waals surface area contributed by atoms with Crippen LogP contribution in [0.1, 0.15) is 108 Å². The first-order valence-electron chi connectivity index (χ1n) is 29.0. The molecule has 2 heterocycles. The molecule has 5 rings (SSSR count). The fourth-order valence-corrected chi connectivity index (χ4v) is 13.8. The monoisotopic (exact) mass is 1310 g/mol. The van der Waals surface area contributed by atoms with Crippen LogP contribution in [0.2, 0.25) is 0 Å². The molecule has 2 aromatic carbocycles. The number of fused-ring (bicyclic) bond motifs is 2. The maximum Gasteiger partial charge on any atom is 0.469 e. The first-order valence-corrected chi connectivity index (χ1v) is 35.9. The molecule has 3 aliphatic rings. The third kappa shape index (κ3) is 23.1. The van der Waals surface area contributed by atoms with Gasteiger partial charge in [-0.2, -0.15) is 16.8 Å². The summed E-state index contributed by atoms with van der Waals surface area (Å²) in [5.41, 5.74) is 3.31. The molecule has 3 atom stereocenters. The number of allylic oxidation sites excluding steroid dienone is 7. The summed E-state index contributed by atoms with van der Waals surface area (Å²) < 4.78 is 103. The summed E-state index contributed by atoms with van der Waals surface area (Å²) >= 11 is 0. The van der Waals surface area contributed by atoms with Gasteiger partial charge < -0.3 is 50.2 Å². The molecule has 1 aliphatic carbocycles. The molecule has 3 unspecified atom stereocenters. The van der Waals surface area contributed by atoms with E-state index in [2.05, 4.69) is 35.3 Å². The van der Waals surface area contributed by atoms with E-state index in [1.807, 2.05) is 78.0 Å². The van der Waals surface area contributed by atoms with Crippen molar-refractivity contribution in [3.8, 4) is 0 Å². The third-order valence-corrected chi connectivity index (χ3v) is 19.4. The fourth-order valence-electron chi connectivity index (χ4n) is 10.3. The van der Waals surface area contributed by atoms with Crippen molar-refractivity contribution in [1.29, 1.82) is 0 Å². The number of anilines is 1. The molecule has 0 fully saturated rings. The molecule has 4 amide bonds. The SMILES string of the molecule is CCNC(=O)CCSSCC(NC(=O)CCCCC[N+]1=C(C=CC=CC=C2N(CC)c3ccc(S(=O)(=O)O)cc3C2(C)C)C(C)(C)C2C=C(S(=O)(=O)O)C=CC21)C(=O)NCCCOCCOCCOCCCNC(=O)c1ccc(COP(=O)(O)O)cc1. The highest BCUT2D eigenvalue weighted by molar-refractivity contribution is 8.76. The summed E-state index contributed by atoms with van der Waals surface area (Å²) in [5.74, 6) is -0.431. The molecule has 8 N–H and O–H groups in total. The van der Waals surface area contributed by atoms with Gasteiger partial charge in [0.2, 0.25) is 17.7 Å². The van der Waals surface area contributed by atoms with Gasteiger partial charge in [-0.3, -0.25) is 32.8 Å². The maximum atomic E-state index is 13.5. The van der Waals surface area contributed by atoms with Crippen LogP contribution in [0.5, 0.6) is 0 Å². The van der Waals surface area contributed by atoms with Crippen molar-refractivity contribution in [3.05, 3.63) is 118 Å². The summed E-state index contributed by atoms with van der Waals surface area (Å²) in [7, 11) is -10.6. The number of phosphoric ester groups is 1. The maximum absolute atomic E-state index is 13.5. The minimum Gasteiger partial charge on any atom is -0.379 e. The van der Waals surface area contributed by atoms with Crippen LogP contribution in [0.3, 0.4) is 0 Å². The Morgan fingerprint density at radius 2 is 1.45 bits per heavy atom. The molecular weight excluding hydrogens is 1220 g/mol. The molecule has 0 aromatic heterocycles. The van der Waals surface area contributed by atoms with E-state index in [-0.39, 0.29) is 64.2 Å². The normalized spacial score (nSPS) is 18.1. The zero-order chi connectivity index (χ0) is 63.8. The molecular formula is C59H86N6O17PS4+. The van der Waals surface area contributed by atoms with Gasteiger partial charge in [-0.25, -0.2) is 9.14 Å². The number of nitrogens with zero attached hydrogens (tertiary/aromatic N) is 2. The number of nitrogens with one attached hydrogen (secondary N) is 4. The number of benzene rings is 2. The lowest BCUT2D eigenvalue weighted by Crippen LogP contribution is -2.48. The first kappa shape index (κ1) is 72.7. The number of hydrogen-bond acceptors (Lipinski definition) is 16. The average molecular weight is 1310 g/mol. The highest BCUT2D eigenvalue weighted by Crippen LogP contribution is 2.48. The second-order valence-corrected chi connectivity index (χ2v) is 28.5. The average Bonchev–Trinajstić information content (AvgIpc) is 1.61. The van der Waals surface area contributed by atoms with Gasteiger partial charge >= 0.3 is 7.82 Å². The van der Waals surface area contributed by atoms with Gasteiger partial charge in [-0.1, -0.05) is 71.9 Å². The van der Waals surface area contributed by atoms with Crippen LogP contribution < -0.4 is 26.2 Å². The number of hydrogen-bond donors (Lipinski definition) is 8. The van der Waals surface area contributed by atoms with Crippen LogP contribution in [-0.2, 0) is 69.9 Å². The molecule has 482 valence electrons. The quantitative estimate of drug-likeness (QED) is 0.00851. The van der Waals surface area contributed by atoms with Crippen molar-refractivity contribution in [1.82, 2.24) is 21.3 Å². The third-order valence-electron chi connectivity index (χ3n) is 14.8. The van der Waals surface area contributed by atoms with E-state index in [0.29, 0.717) is 128 Å². The van der Waals surface area contributed by atoms with E-state index >= 15 is 0 Å². The molecule has 0 spiro atoms. The van der Waals surface area contributed by atoms with Gasteiger partial charge in [-0.15, -0.1) is 0 Å². The Labute approximate surface area is 519 Å². The van der Waals surface area contributed by atoms with Gasteiger partial charge in [0.25, 0.3) is 26.1 Å². The molecule has 28 heteroatoms. The molecule has 23 nitrogen and oxygen atoms in total. The minimum absolute atomic E-state index is 0.0615. The van der Waals surface area contributed by atoms with Gasteiger partial charge in [0.15, 0.2) is 11.8 Å². The van der Waals surface area contributed by atoms with Gasteiger partial charge in [0.1, 0.15) is 12.6 Å². The van der Waals surface area contributed by atoms with Crippen LogP contribution >= 0.6 is 29.4 Å². The largest absolute Gasteiger partial charge is 0.469 e. The van der Waals surface area contributed by atoms with E-state index in [9.17, 15) is 49.7 Å². The molecule has 2 aliphatic heterocycles. The van der Waals surface area contributed by atoms with Crippen LogP contribution in [-0.4, -0.2) is 166 Å². The number of carbonyl (C=O) groups is 4. The Balaban J connectivity index is 1.06. The second kappa shape index (κ2) is 34.8. The number of carbonyl (C=O) groups excluding carboxylic acids is 4. The molecule has 87 heavy (non-hydrogen) atoms. The smallest absolute Gasteiger partial charge is 0.379 e. The molecule has 0 saturated carbocycles. The molecule has 0 radical (unpaired) electrons. The Morgan fingerprint density at radius 1 is 0.782 bits per heavy atom. The summed E-state index contributed by atoms with van der Waals surface area (Å²) in [5, 5.41) is 11.4. The highest BCUT2D eigenvalue weighted by Gasteiger charge is 2.53. The van der Waals surface area contributed by atoms with Crippen molar-refractivity contribution in [3.63, 3.8) is 0 Å². The topological polar surface area (TPSA) is 326 Å². The van der Waals surface area contributed by atoms with Crippen molar-refractivity contribution in [2.24, 2.45) is 11.3 Å². The lowest BCUT2D eigenvalue weighted by atomic mass is 9.73. The highest BCUT2D eigenvalue weighted by atomic mass is 33.1. The second-order valence-electron chi connectivity index (χ2n) is 21.8. The van der Waals surface area contributed by atoms with Gasteiger partial charge in [0.05, 0.1) is 54.2 Å².